The molecule has 2 rings (SSSR count). The van der Waals surface area contributed by atoms with Crippen LogP contribution in [0.3, 0.4) is 0 Å². The molecule has 1 aromatic heterocycles. The van der Waals surface area contributed by atoms with Crippen LogP contribution < -0.4 is 5.73 Å². The summed E-state index contributed by atoms with van der Waals surface area (Å²) in [6.45, 7) is 2.71. The maximum absolute atomic E-state index is 9.21. The lowest BCUT2D eigenvalue weighted by Crippen LogP contribution is -2.15. The lowest BCUT2D eigenvalue weighted by Gasteiger charge is -2.07. The van der Waals surface area contributed by atoms with Crippen molar-refractivity contribution in [3.63, 3.8) is 0 Å². The van der Waals surface area contributed by atoms with Crippen LogP contribution in [0.2, 0.25) is 0 Å². The highest BCUT2D eigenvalue weighted by atomic mass is 16.5. The van der Waals surface area contributed by atoms with E-state index >= 15 is 0 Å². The van der Waals surface area contributed by atoms with Gasteiger partial charge in [0.2, 0.25) is 11.7 Å². The van der Waals surface area contributed by atoms with Gasteiger partial charge in [0.25, 0.3) is 0 Å². The van der Waals surface area contributed by atoms with Crippen LogP contribution in [0.4, 0.5) is 0 Å². The predicted molar refractivity (Wildman–Crippen MR) is 67.9 cm³/mol. The van der Waals surface area contributed by atoms with Crippen molar-refractivity contribution in [2.24, 2.45) is 11.7 Å². The number of phenolic OH excluding ortho intramolecular Hbond substituents is 1. The Morgan fingerprint density at radius 2 is 2.06 bits per heavy atom. The molecule has 1 atom stereocenters. The number of nitrogens with two attached hydrogens (primary N) is 1. The number of benzene rings is 1. The third-order valence-corrected chi connectivity index (χ3v) is 2.97. The van der Waals surface area contributed by atoms with E-state index in [-0.39, 0.29) is 5.75 Å². The smallest absolute Gasteiger partial charge is 0.227 e. The minimum absolute atomic E-state index is 0.219. The molecule has 1 heterocycles. The van der Waals surface area contributed by atoms with Crippen molar-refractivity contribution in [2.45, 2.75) is 19.8 Å². The molecule has 0 spiro atoms. The summed E-state index contributed by atoms with van der Waals surface area (Å²) in [4.78, 5) is 4.33. The van der Waals surface area contributed by atoms with Gasteiger partial charge in [0, 0.05) is 12.0 Å². The van der Waals surface area contributed by atoms with Gasteiger partial charge in [0.15, 0.2) is 0 Å². The van der Waals surface area contributed by atoms with Gasteiger partial charge >= 0.3 is 0 Å². The van der Waals surface area contributed by atoms with Crippen molar-refractivity contribution in [3.05, 3.63) is 30.2 Å². The molecule has 5 nitrogen and oxygen atoms in total. The summed E-state index contributed by atoms with van der Waals surface area (Å²) < 4.78 is 5.20. The number of aromatic nitrogens is 2. The molecule has 5 heteroatoms. The molecule has 0 aliphatic rings. The molecule has 2 aromatic rings. The normalized spacial score (nSPS) is 12.6. The van der Waals surface area contributed by atoms with Crippen molar-refractivity contribution in [3.8, 4) is 17.1 Å². The minimum Gasteiger partial charge on any atom is -0.508 e. The summed E-state index contributed by atoms with van der Waals surface area (Å²) >= 11 is 0. The summed E-state index contributed by atoms with van der Waals surface area (Å²) in [7, 11) is 0. The Bertz CT molecular complexity index is 489. The van der Waals surface area contributed by atoms with Crippen molar-refractivity contribution < 1.29 is 9.63 Å². The fourth-order valence-corrected chi connectivity index (χ4v) is 1.71. The lowest BCUT2D eigenvalue weighted by atomic mass is 10.0. The molecule has 0 aliphatic heterocycles. The zero-order valence-corrected chi connectivity index (χ0v) is 10.3. The van der Waals surface area contributed by atoms with Crippen LogP contribution in [-0.2, 0) is 6.42 Å². The number of phenols is 1. The molecule has 96 valence electrons. The van der Waals surface area contributed by atoms with Gasteiger partial charge in [-0.1, -0.05) is 18.5 Å². The minimum atomic E-state index is 0.219. The van der Waals surface area contributed by atoms with Gasteiger partial charge in [-0.25, -0.2) is 0 Å². The first kappa shape index (κ1) is 12.6. The second-order valence-electron chi connectivity index (χ2n) is 4.27. The highest BCUT2D eigenvalue weighted by Crippen LogP contribution is 2.20. The van der Waals surface area contributed by atoms with E-state index in [2.05, 4.69) is 17.1 Å². The molecule has 1 unspecified atom stereocenters. The van der Waals surface area contributed by atoms with E-state index in [9.17, 15) is 5.11 Å². The molecule has 0 aliphatic carbocycles. The van der Waals surface area contributed by atoms with Crippen LogP contribution >= 0.6 is 0 Å². The van der Waals surface area contributed by atoms with Crippen LogP contribution in [0, 0.1) is 5.92 Å². The van der Waals surface area contributed by atoms with Crippen molar-refractivity contribution >= 4 is 0 Å². The Balaban J connectivity index is 2.12. The van der Waals surface area contributed by atoms with Crippen molar-refractivity contribution in [1.29, 1.82) is 0 Å². The van der Waals surface area contributed by atoms with E-state index in [4.69, 9.17) is 10.3 Å². The third kappa shape index (κ3) is 2.87. The second-order valence-corrected chi connectivity index (χ2v) is 4.27. The molecule has 0 fully saturated rings. The highest BCUT2D eigenvalue weighted by molar-refractivity contribution is 5.55. The second kappa shape index (κ2) is 5.64. The van der Waals surface area contributed by atoms with Gasteiger partial charge in [-0.2, -0.15) is 4.98 Å². The van der Waals surface area contributed by atoms with Crippen LogP contribution in [0.15, 0.2) is 28.8 Å². The number of rotatable bonds is 5. The Morgan fingerprint density at radius 3 is 2.67 bits per heavy atom. The van der Waals surface area contributed by atoms with Gasteiger partial charge in [-0.15, -0.1) is 0 Å². The number of aromatic hydroxyl groups is 1. The van der Waals surface area contributed by atoms with E-state index in [0.717, 1.165) is 12.0 Å². The SMILES string of the molecule is CCC(CN)Cc1nc(-c2ccc(O)cc2)no1. The Labute approximate surface area is 106 Å². The first-order chi connectivity index (χ1) is 8.72. The maximum Gasteiger partial charge on any atom is 0.227 e. The summed E-state index contributed by atoms with van der Waals surface area (Å²) in [5.41, 5.74) is 6.47. The monoisotopic (exact) mass is 247 g/mol. The lowest BCUT2D eigenvalue weighted by molar-refractivity contribution is 0.350. The van der Waals surface area contributed by atoms with Gasteiger partial charge in [-0.05, 0) is 36.7 Å². The summed E-state index contributed by atoms with van der Waals surface area (Å²) in [5.74, 6) is 1.74. The topological polar surface area (TPSA) is 85.2 Å². The number of nitrogens with zero attached hydrogens (tertiary/aromatic N) is 2. The van der Waals surface area contributed by atoms with E-state index in [1.165, 1.54) is 0 Å². The van der Waals surface area contributed by atoms with Gasteiger partial charge < -0.3 is 15.4 Å². The van der Waals surface area contributed by atoms with E-state index in [0.29, 0.717) is 30.6 Å². The Morgan fingerprint density at radius 1 is 1.33 bits per heavy atom. The van der Waals surface area contributed by atoms with Gasteiger partial charge in [0.05, 0.1) is 0 Å². The third-order valence-electron chi connectivity index (χ3n) is 2.97. The highest BCUT2D eigenvalue weighted by Gasteiger charge is 2.12. The van der Waals surface area contributed by atoms with Crippen molar-refractivity contribution in [2.75, 3.05) is 6.54 Å². The summed E-state index contributed by atoms with van der Waals surface area (Å²) in [6.07, 6.45) is 1.70. The Hall–Kier alpha value is -1.88. The van der Waals surface area contributed by atoms with Crippen LogP contribution in [-0.4, -0.2) is 21.8 Å². The largest absolute Gasteiger partial charge is 0.508 e. The zero-order chi connectivity index (χ0) is 13.0. The van der Waals surface area contributed by atoms with E-state index < -0.39 is 0 Å². The Kier molecular flexibility index (Phi) is 3.94. The molecular formula is C13H17N3O2. The van der Waals surface area contributed by atoms with Crippen LogP contribution in [0.5, 0.6) is 5.75 Å². The molecule has 0 amide bonds. The van der Waals surface area contributed by atoms with Crippen LogP contribution in [0.1, 0.15) is 19.2 Å². The molecular weight excluding hydrogens is 230 g/mol. The van der Waals surface area contributed by atoms with Crippen molar-refractivity contribution in [1.82, 2.24) is 10.1 Å². The molecule has 18 heavy (non-hydrogen) atoms. The predicted octanol–water partition coefficient (Wildman–Crippen LogP) is 1.97. The molecule has 0 bridgehead atoms. The average Bonchev–Trinajstić information content (AvgIpc) is 2.85. The fourth-order valence-electron chi connectivity index (χ4n) is 1.71. The molecule has 0 saturated heterocycles. The number of hydrogen-bond donors (Lipinski definition) is 2. The van der Waals surface area contributed by atoms with Gasteiger partial charge in [-0.3, -0.25) is 0 Å². The maximum atomic E-state index is 9.21. The molecule has 3 N–H and O–H groups in total. The standard InChI is InChI=1S/C13H17N3O2/c1-2-9(8-14)7-12-15-13(16-18-12)10-3-5-11(17)6-4-10/h3-6,9,17H,2,7-8,14H2,1H3. The first-order valence-corrected chi connectivity index (χ1v) is 6.05. The number of hydrogen-bond acceptors (Lipinski definition) is 5. The molecule has 0 saturated carbocycles. The van der Waals surface area contributed by atoms with E-state index in [1.54, 1.807) is 24.3 Å². The quantitative estimate of drug-likeness (QED) is 0.843. The average molecular weight is 247 g/mol. The van der Waals surface area contributed by atoms with Crippen LogP contribution in [0.25, 0.3) is 11.4 Å². The van der Waals surface area contributed by atoms with E-state index in [1.807, 2.05) is 0 Å². The summed E-state index contributed by atoms with van der Waals surface area (Å²) in [6, 6.07) is 6.70. The zero-order valence-electron chi connectivity index (χ0n) is 10.3. The fraction of sp³-hybridized carbons (Fsp3) is 0.385. The first-order valence-electron chi connectivity index (χ1n) is 6.05. The molecule has 1 aromatic carbocycles. The van der Waals surface area contributed by atoms with Gasteiger partial charge in [0.1, 0.15) is 5.75 Å². The molecule has 0 radical (unpaired) electrons. The summed E-state index contributed by atoms with van der Waals surface area (Å²) in [5, 5.41) is 13.1.